The van der Waals surface area contributed by atoms with Crippen LogP contribution < -0.4 is 0 Å². The molecule has 282 valence electrons. The topological polar surface area (TPSA) is 43.5 Å². The summed E-state index contributed by atoms with van der Waals surface area (Å²) in [6, 6.07) is 20.8. The van der Waals surface area contributed by atoms with Crippen molar-refractivity contribution in [2.75, 3.05) is 40.6 Å². The predicted octanol–water partition coefficient (Wildman–Crippen LogP) is 14.1. The van der Waals surface area contributed by atoms with Crippen LogP contribution in [0, 0.1) is 0 Å². The molecule has 0 bridgehead atoms. The summed E-state index contributed by atoms with van der Waals surface area (Å²) in [5, 5.41) is 0. The van der Waals surface area contributed by atoms with Gasteiger partial charge in [-0.25, -0.2) is 0 Å². The number of hydrogen-bond donors (Lipinski definition) is 0. The maximum Gasteiger partial charge on any atom is 0.104 e. The fraction of sp³-hybridized carbons (Fsp3) is 0.674. The van der Waals surface area contributed by atoms with Crippen molar-refractivity contribution in [1.82, 2.24) is 0 Å². The first-order valence-corrected chi connectivity index (χ1v) is 18.9. The van der Waals surface area contributed by atoms with Crippen molar-refractivity contribution >= 4 is 11.6 Å². The quantitative estimate of drug-likeness (QED) is 0.227. The van der Waals surface area contributed by atoms with Gasteiger partial charge in [-0.15, -0.1) is 0 Å². The fourth-order valence-corrected chi connectivity index (χ4v) is 2.28. The van der Waals surface area contributed by atoms with Crippen LogP contribution in [0.4, 0.5) is 0 Å². The lowest BCUT2D eigenvalue weighted by Crippen LogP contribution is -1.94. The van der Waals surface area contributed by atoms with Gasteiger partial charge in [0.05, 0.1) is 26.4 Å². The van der Waals surface area contributed by atoms with Crippen LogP contribution in [0.3, 0.4) is 0 Å². The van der Waals surface area contributed by atoms with Crippen LogP contribution in [0.1, 0.15) is 155 Å². The lowest BCUT2D eigenvalue weighted by molar-refractivity contribution is 0.171. The highest BCUT2D eigenvalue weighted by Gasteiger charge is 2.21. The first-order chi connectivity index (χ1) is 22.9. The molecule has 0 N–H and O–H groups in total. The van der Waals surface area contributed by atoms with Crippen LogP contribution in [0.25, 0.3) is 11.6 Å². The van der Waals surface area contributed by atoms with Gasteiger partial charge >= 0.3 is 0 Å². The second kappa shape index (κ2) is 62.8. The van der Waals surface area contributed by atoms with Crippen LogP contribution in [-0.2, 0) is 18.9 Å². The summed E-state index contributed by atoms with van der Waals surface area (Å²) in [6.45, 7) is 38.5. The van der Waals surface area contributed by atoms with Crippen LogP contribution in [-0.4, -0.2) is 52.9 Å². The summed E-state index contributed by atoms with van der Waals surface area (Å²) >= 11 is 0. The molecule has 2 heterocycles. The molecule has 4 heteroatoms. The van der Waals surface area contributed by atoms with E-state index in [9.17, 15) is 0 Å². The number of methoxy groups -OCH3 is 2. The van der Waals surface area contributed by atoms with Gasteiger partial charge in [-0.1, -0.05) is 203 Å². The Hall–Kier alpha value is -1.98. The third-order valence-corrected chi connectivity index (χ3v) is 3.92. The lowest BCUT2D eigenvalue weighted by atomic mass is 10.0. The molecule has 2 aliphatic rings. The number of rotatable bonds is 6. The first kappa shape index (κ1) is 60.4. The predicted molar refractivity (Wildman–Crippen MR) is 219 cm³/mol. The summed E-state index contributed by atoms with van der Waals surface area (Å²) in [4.78, 5) is 0. The zero-order valence-electron chi connectivity index (χ0n) is 35.3. The normalized spacial score (nSPS) is 13.5. The van der Waals surface area contributed by atoms with Gasteiger partial charge in [0.2, 0.25) is 0 Å². The standard InChI is InChI=1S/C15H14.2C4H8O2.4C3H8.4C2H6/c1-13(15-10-6-3-7-11-15)12-14-8-4-2-5-9-14;2*1-5-2-4-3-6-4;4*1-3-2;4*1-2/h2-12H,1H3;2*4H,2-3H2,1H3;4*3H2,1-2H3;4*1-2H3. The molecule has 2 aromatic carbocycles. The minimum atomic E-state index is 0.426. The summed E-state index contributed by atoms with van der Waals surface area (Å²) in [5.41, 5.74) is 3.82. The van der Waals surface area contributed by atoms with Crippen LogP contribution >= 0.6 is 0 Å². The van der Waals surface area contributed by atoms with Gasteiger partial charge in [0.1, 0.15) is 12.2 Å². The second-order valence-electron chi connectivity index (χ2n) is 9.25. The molecule has 0 saturated carbocycles. The zero-order chi connectivity index (χ0) is 38.2. The molecule has 2 aromatic rings. The van der Waals surface area contributed by atoms with E-state index in [1.807, 2.05) is 67.5 Å². The fourth-order valence-electron chi connectivity index (χ4n) is 2.28. The SMILES string of the molecule is CC.CC.CC.CC.CC(=Cc1ccccc1)c1ccccc1.CCC.CCC.CCC.CCC.COCC1CO1.COCC1CO1. The van der Waals surface area contributed by atoms with E-state index in [1.165, 1.54) is 42.4 Å². The Morgan fingerprint density at radius 1 is 0.553 bits per heavy atom. The molecule has 2 saturated heterocycles. The largest absolute Gasteiger partial charge is 0.382 e. The zero-order valence-corrected chi connectivity index (χ0v) is 35.3. The molecule has 0 aliphatic carbocycles. The van der Waals surface area contributed by atoms with E-state index in [0.717, 1.165) is 26.4 Å². The van der Waals surface area contributed by atoms with Gasteiger partial charge < -0.3 is 18.9 Å². The number of allylic oxidation sites excluding steroid dienone is 1. The van der Waals surface area contributed by atoms with E-state index in [4.69, 9.17) is 18.9 Å². The van der Waals surface area contributed by atoms with Gasteiger partial charge in [-0.3, -0.25) is 0 Å². The summed E-state index contributed by atoms with van der Waals surface area (Å²) < 4.78 is 19.1. The highest BCUT2D eigenvalue weighted by Crippen LogP contribution is 2.16. The first-order valence-electron chi connectivity index (χ1n) is 18.9. The summed E-state index contributed by atoms with van der Waals surface area (Å²) in [6.07, 6.45) is 8.06. The molecule has 0 radical (unpaired) electrons. The molecule has 2 fully saturated rings. The number of hydrogen-bond acceptors (Lipinski definition) is 4. The Morgan fingerprint density at radius 2 is 0.809 bits per heavy atom. The monoisotopic (exact) mass is 667 g/mol. The van der Waals surface area contributed by atoms with E-state index in [1.54, 1.807) is 14.2 Å². The van der Waals surface area contributed by atoms with Gasteiger partial charge in [-0.2, -0.15) is 0 Å². The summed E-state index contributed by atoms with van der Waals surface area (Å²) in [7, 11) is 3.36. The molecule has 0 amide bonds. The Bertz CT molecular complexity index is 687. The number of ether oxygens (including phenoxy) is 4. The third-order valence-electron chi connectivity index (χ3n) is 3.92. The number of epoxide rings is 2. The Kier molecular flexibility index (Phi) is 80.6. The van der Waals surface area contributed by atoms with Gasteiger partial charge in [0.15, 0.2) is 0 Å². The highest BCUT2D eigenvalue weighted by atomic mass is 16.6. The molecule has 0 spiro atoms. The van der Waals surface area contributed by atoms with Crippen LogP contribution in [0.15, 0.2) is 60.7 Å². The maximum absolute atomic E-state index is 4.82. The van der Waals surface area contributed by atoms with Crippen molar-refractivity contribution in [2.45, 2.75) is 156 Å². The van der Waals surface area contributed by atoms with Crippen molar-refractivity contribution in [3.8, 4) is 0 Å². The van der Waals surface area contributed by atoms with E-state index in [2.05, 4.69) is 117 Å². The minimum absolute atomic E-state index is 0.426. The molecular weight excluding hydrogens is 580 g/mol. The van der Waals surface area contributed by atoms with Crippen LogP contribution in [0.2, 0.25) is 0 Å². The molecule has 2 aliphatic heterocycles. The van der Waals surface area contributed by atoms with Crippen LogP contribution in [0.5, 0.6) is 0 Å². The van der Waals surface area contributed by atoms with Gasteiger partial charge in [-0.05, 0) is 23.6 Å². The average molecular weight is 667 g/mol. The highest BCUT2D eigenvalue weighted by molar-refractivity contribution is 5.79. The molecular formula is C43H86O4. The van der Waals surface area contributed by atoms with E-state index in [0.29, 0.717) is 12.2 Å². The molecule has 47 heavy (non-hydrogen) atoms. The lowest BCUT2D eigenvalue weighted by Gasteiger charge is -2.01. The van der Waals surface area contributed by atoms with E-state index >= 15 is 0 Å². The van der Waals surface area contributed by atoms with Crippen molar-refractivity contribution in [1.29, 1.82) is 0 Å². The smallest absolute Gasteiger partial charge is 0.104 e. The van der Waals surface area contributed by atoms with Gasteiger partial charge in [0, 0.05) is 14.2 Å². The maximum atomic E-state index is 4.82. The van der Waals surface area contributed by atoms with Crippen molar-refractivity contribution in [3.05, 3.63) is 71.8 Å². The second-order valence-corrected chi connectivity index (χ2v) is 9.25. The van der Waals surface area contributed by atoms with Crippen molar-refractivity contribution in [2.24, 2.45) is 0 Å². The Balaban J connectivity index is -0.0000000851. The van der Waals surface area contributed by atoms with Crippen molar-refractivity contribution < 1.29 is 18.9 Å². The molecule has 2 unspecified atom stereocenters. The molecule has 0 aromatic heterocycles. The van der Waals surface area contributed by atoms with Crippen molar-refractivity contribution in [3.63, 3.8) is 0 Å². The molecule has 4 nitrogen and oxygen atoms in total. The minimum Gasteiger partial charge on any atom is -0.382 e. The molecule has 2 atom stereocenters. The average Bonchev–Trinajstić information content (AvgIpc) is 4.06. The summed E-state index contributed by atoms with van der Waals surface area (Å²) in [5.74, 6) is 0. The van der Waals surface area contributed by atoms with Gasteiger partial charge in [0.25, 0.3) is 0 Å². The Labute approximate surface area is 298 Å². The number of benzene rings is 2. The van der Waals surface area contributed by atoms with E-state index < -0.39 is 0 Å². The Morgan fingerprint density at radius 3 is 1.02 bits per heavy atom. The van der Waals surface area contributed by atoms with E-state index in [-0.39, 0.29) is 0 Å². The third kappa shape index (κ3) is 67.2. The molecule has 4 rings (SSSR count).